The minimum Gasteiger partial charge on any atom is -0.435 e. The Balaban J connectivity index is 2.09. The first-order valence-electron chi connectivity index (χ1n) is 8.14. The molecule has 1 aromatic heterocycles. The van der Waals surface area contributed by atoms with Crippen LogP contribution in [0.2, 0.25) is 0 Å². The number of hydrogen-bond donors (Lipinski definition) is 0. The Hall–Kier alpha value is -2.46. The Bertz CT molecular complexity index is 805. The van der Waals surface area contributed by atoms with E-state index in [9.17, 15) is 14.0 Å². The number of anilines is 1. The first-order valence-corrected chi connectivity index (χ1v) is 8.14. The normalized spacial score (nSPS) is 18.0. The predicted molar refractivity (Wildman–Crippen MR) is 89.9 cm³/mol. The van der Waals surface area contributed by atoms with Crippen molar-refractivity contribution in [2.45, 2.75) is 26.6 Å². The topological polar surface area (TPSA) is 58.4 Å². The molecule has 0 aliphatic carbocycles. The smallest absolute Gasteiger partial charge is 0.387 e. The second-order valence-corrected chi connectivity index (χ2v) is 6.29. The van der Waals surface area contributed by atoms with Gasteiger partial charge in [-0.25, -0.2) is 0 Å². The molecule has 7 heteroatoms. The summed E-state index contributed by atoms with van der Waals surface area (Å²) in [5.74, 6) is 0.383. The molecule has 0 N–H and O–H groups in total. The number of fused-ring (bicyclic) bond motifs is 1. The summed E-state index contributed by atoms with van der Waals surface area (Å²) >= 11 is 0. The monoisotopic (exact) mass is 347 g/mol. The van der Waals surface area contributed by atoms with E-state index in [1.165, 1.54) is 18.3 Å². The molecule has 1 saturated heterocycles. The van der Waals surface area contributed by atoms with Gasteiger partial charge < -0.3 is 14.4 Å². The van der Waals surface area contributed by atoms with E-state index in [0.29, 0.717) is 47.8 Å². The number of pyridine rings is 1. The average Bonchev–Trinajstić information content (AvgIpc) is 2.60. The quantitative estimate of drug-likeness (QED) is 0.846. The maximum Gasteiger partial charge on any atom is 0.387 e. The molecule has 1 aliphatic rings. The molecule has 0 spiro atoms. The first kappa shape index (κ1) is 17.4. The summed E-state index contributed by atoms with van der Waals surface area (Å²) in [6.45, 7) is 3.06. The van der Waals surface area contributed by atoms with Crippen molar-refractivity contribution in [3.05, 3.63) is 30.0 Å². The number of morpholine rings is 1. The second kappa shape index (κ2) is 7.19. The van der Waals surface area contributed by atoms with Crippen LogP contribution in [0.3, 0.4) is 0 Å². The van der Waals surface area contributed by atoms with E-state index in [0.717, 1.165) is 0 Å². The van der Waals surface area contributed by atoms with Crippen LogP contribution in [0.1, 0.15) is 19.4 Å². The lowest BCUT2D eigenvalue weighted by atomic mass is 10.0. The Kier molecular flexibility index (Phi) is 5.00. The molecule has 5 nitrogen and oxygen atoms in total. The van der Waals surface area contributed by atoms with Crippen molar-refractivity contribution in [2.75, 3.05) is 24.6 Å². The van der Waals surface area contributed by atoms with Crippen molar-refractivity contribution in [3.63, 3.8) is 0 Å². The zero-order valence-corrected chi connectivity index (χ0v) is 14.1. The molecule has 2 heterocycles. The fourth-order valence-corrected chi connectivity index (χ4v) is 3.04. The van der Waals surface area contributed by atoms with Gasteiger partial charge in [0.2, 0.25) is 0 Å². The van der Waals surface area contributed by atoms with E-state index in [1.807, 2.05) is 0 Å². The van der Waals surface area contributed by atoms with Crippen LogP contribution in [0.15, 0.2) is 24.4 Å². The van der Waals surface area contributed by atoms with Crippen molar-refractivity contribution in [2.24, 2.45) is 5.92 Å². The molecular weight excluding hydrogens is 328 g/mol. The van der Waals surface area contributed by atoms with Crippen LogP contribution in [0.25, 0.3) is 10.9 Å². The standard InChI is InChI=1S/C18H19F2N3O2/c1-11(2)16-10-23(5-6-24-16)17-12(8-21)9-22-15-4-3-13(7-14(15)17)25-18(19)20/h3-4,7,9,11,16,18H,5-6,10H2,1-2H3/t16-/m1/s1. The number of hydrogen-bond acceptors (Lipinski definition) is 5. The maximum atomic E-state index is 12.5. The number of benzene rings is 1. The molecule has 0 saturated carbocycles. The van der Waals surface area contributed by atoms with Crippen molar-refractivity contribution in [1.82, 2.24) is 4.98 Å². The van der Waals surface area contributed by atoms with Crippen molar-refractivity contribution in [1.29, 1.82) is 5.26 Å². The lowest BCUT2D eigenvalue weighted by Crippen LogP contribution is -2.45. The summed E-state index contributed by atoms with van der Waals surface area (Å²) in [7, 11) is 0. The molecule has 25 heavy (non-hydrogen) atoms. The summed E-state index contributed by atoms with van der Waals surface area (Å²) in [5, 5.41) is 10.1. The van der Waals surface area contributed by atoms with Crippen molar-refractivity contribution < 1.29 is 18.3 Å². The van der Waals surface area contributed by atoms with Crippen LogP contribution in [-0.2, 0) is 4.74 Å². The summed E-state index contributed by atoms with van der Waals surface area (Å²) in [5.41, 5.74) is 1.73. The first-order chi connectivity index (χ1) is 12.0. The minimum atomic E-state index is -2.90. The molecule has 0 bridgehead atoms. The van der Waals surface area contributed by atoms with E-state index >= 15 is 0 Å². The lowest BCUT2D eigenvalue weighted by Gasteiger charge is -2.37. The third kappa shape index (κ3) is 3.64. The molecule has 0 amide bonds. The van der Waals surface area contributed by atoms with Gasteiger partial charge in [-0.15, -0.1) is 0 Å². The maximum absolute atomic E-state index is 12.5. The molecule has 2 aromatic rings. The highest BCUT2D eigenvalue weighted by Gasteiger charge is 2.26. The fraction of sp³-hybridized carbons (Fsp3) is 0.444. The van der Waals surface area contributed by atoms with Gasteiger partial charge in [-0.05, 0) is 24.1 Å². The highest BCUT2D eigenvalue weighted by Crippen LogP contribution is 2.34. The number of nitriles is 1. The number of nitrogens with zero attached hydrogens (tertiary/aromatic N) is 3. The van der Waals surface area contributed by atoms with Gasteiger partial charge in [-0.3, -0.25) is 4.98 Å². The lowest BCUT2D eigenvalue weighted by molar-refractivity contribution is -0.0497. The van der Waals surface area contributed by atoms with Gasteiger partial charge >= 0.3 is 6.61 Å². The number of halogens is 2. The second-order valence-electron chi connectivity index (χ2n) is 6.29. The van der Waals surface area contributed by atoms with Gasteiger partial charge in [0, 0.05) is 24.7 Å². The molecule has 3 rings (SSSR count). The van der Waals surface area contributed by atoms with E-state index in [4.69, 9.17) is 4.74 Å². The summed E-state index contributed by atoms with van der Waals surface area (Å²) in [6, 6.07) is 6.75. The number of aromatic nitrogens is 1. The van der Waals surface area contributed by atoms with Crippen LogP contribution >= 0.6 is 0 Å². The molecule has 1 aromatic carbocycles. The summed E-state index contributed by atoms with van der Waals surface area (Å²) in [4.78, 5) is 6.33. The molecule has 0 unspecified atom stereocenters. The Labute approximate surface area is 144 Å². The zero-order valence-electron chi connectivity index (χ0n) is 14.1. The Morgan fingerprint density at radius 2 is 2.20 bits per heavy atom. The number of rotatable bonds is 4. The van der Waals surface area contributed by atoms with Crippen LogP contribution in [0, 0.1) is 17.2 Å². The van der Waals surface area contributed by atoms with Gasteiger partial charge in [0.1, 0.15) is 11.8 Å². The third-order valence-corrected chi connectivity index (χ3v) is 4.31. The zero-order chi connectivity index (χ0) is 18.0. The van der Waals surface area contributed by atoms with E-state index in [1.54, 1.807) is 6.07 Å². The van der Waals surface area contributed by atoms with Gasteiger partial charge in [0.15, 0.2) is 0 Å². The van der Waals surface area contributed by atoms with Gasteiger partial charge in [0.25, 0.3) is 0 Å². The molecule has 0 radical (unpaired) electrons. The molecule has 1 fully saturated rings. The van der Waals surface area contributed by atoms with Crippen LogP contribution < -0.4 is 9.64 Å². The predicted octanol–water partition coefficient (Wildman–Crippen LogP) is 3.57. The average molecular weight is 347 g/mol. The highest BCUT2D eigenvalue weighted by molar-refractivity contribution is 5.95. The molecule has 1 aliphatic heterocycles. The SMILES string of the molecule is CC(C)[C@H]1CN(c2c(C#N)cnc3ccc(OC(F)F)cc23)CCO1. The van der Waals surface area contributed by atoms with Crippen LogP contribution in [-0.4, -0.2) is 37.4 Å². The van der Waals surface area contributed by atoms with Gasteiger partial charge in [-0.2, -0.15) is 14.0 Å². The van der Waals surface area contributed by atoms with E-state index in [2.05, 4.69) is 34.5 Å². The van der Waals surface area contributed by atoms with Crippen LogP contribution in [0.5, 0.6) is 5.75 Å². The van der Waals surface area contributed by atoms with E-state index in [-0.39, 0.29) is 11.9 Å². The number of alkyl halides is 2. The Morgan fingerprint density at radius 1 is 1.40 bits per heavy atom. The number of ether oxygens (including phenoxy) is 2. The van der Waals surface area contributed by atoms with Crippen molar-refractivity contribution >= 4 is 16.6 Å². The highest BCUT2D eigenvalue weighted by atomic mass is 19.3. The summed E-state index contributed by atoms with van der Waals surface area (Å²) < 4.78 is 35.4. The van der Waals surface area contributed by atoms with Crippen molar-refractivity contribution in [3.8, 4) is 11.8 Å². The molecule has 132 valence electrons. The summed E-state index contributed by atoms with van der Waals surface area (Å²) in [6.07, 6.45) is 1.56. The Morgan fingerprint density at radius 3 is 2.88 bits per heavy atom. The van der Waals surface area contributed by atoms with Gasteiger partial charge in [0.05, 0.1) is 29.5 Å². The van der Waals surface area contributed by atoms with E-state index < -0.39 is 6.61 Å². The van der Waals surface area contributed by atoms with Gasteiger partial charge in [-0.1, -0.05) is 13.8 Å². The molecule has 1 atom stereocenters. The minimum absolute atomic E-state index is 0.0454. The fourth-order valence-electron chi connectivity index (χ4n) is 3.04. The largest absolute Gasteiger partial charge is 0.435 e. The van der Waals surface area contributed by atoms with Crippen LogP contribution in [0.4, 0.5) is 14.5 Å². The third-order valence-electron chi connectivity index (χ3n) is 4.31. The molecular formula is C18H19F2N3O2.